The van der Waals surface area contributed by atoms with Crippen molar-refractivity contribution in [1.29, 1.82) is 0 Å². The molecule has 0 fully saturated rings. The molecule has 1 N–H and O–H groups in total. The molecule has 3 aromatic heterocycles. The van der Waals surface area contributed by atoms with E-state index in [2.05, 4.69) is 20.4 Å². The van der Waals surface area contributed by atoms with Crippen LogP contribution in [0, 0.1) is 19.8 Å². The summed E-state index contributed by atoms with van der Waals surface area (Å²) in [5.74, 6) is -0.555. The number of aromatic nitrogens is 4. The van der Waals surface area contributed by atoms with Gasteiger partial charge in [0.1, 0.15) is 11.7 Å². The summed E-state index contributed by atoms with van der Waals surface area (Å²) in [4.78, 5) is 20.5. The second-order valence-corrected chi connectivity index (χ2v) is 5.30. The Bertz CT molecular complexity index is 870. The molecule has 1 atom stereocenters. The lowest BCUT2D eigenvalue weighted by atomic mass is 10.2. The fraction of sp³-hybridized carbons (Fsp3) is 0.333. The van der Waals surface area contributed by atoms with Crippen LogP contribution >= 0.6 is 0 Å². The van der Waals surface area contributed by atoms with Crippen molar-refractivity contribution in [3.63, 3.8) is 0 Å². The molecule has 0 radical (unpaired) electrons. The SMILES string of the molecule is CCC(NC(=O)c1nc2cc(C)ccn2c1F)c1nc(C)no1. The summed E-state index contributed by atoms with van der Waals surface area (Å²) in [6, 6.07) is 2.96. The number of aryl methyl sites for hydroxylation is 2. The van der Waals surface area contributed by atoms with Gasteiger partial charge in [0.15, 0.2) is 11.5 Å². The summed E-state index contributed by atoms with van der Waals surface area (Å²) in [6.45, 7) is 5.41. The molecule has 1 unspecified atom stereocenters. The predicted molar refractivity (Wildman–Crippen MR) is 79.4 cm³/mol. The molecule has 7 nitrogen and oxygen atoms in total. The van der Waals surface area contributed by atoms with Gasteiger partial charge in [-0.15, -0.1) is 0 Å². The third-order valence-corrected chi connectivity index (χ3v) is 3.49. The van der Waals surface area contributed by atoms with Crippen LogP contribution in [0.4, 0.5) is 4.39 Å². The zero-order valence-corrected chi connectivity index (χ0v) is 13.0. The molecule has 120 valence electrons. The van der Waals surface area contributed by atoms with E-state index in [1.165, 1.54) is 4.40 Å². The second-order valence-electron chi connectivity index (χ2n) is 5.30. The lowest BCUT2D eigenvalue weighted by Crippen LogP contribution is -2.29. The first-order valence-corrected chi connectivity index (χ1v) is 7.25. The number of pyridine rings is 1. The van der Waals surface area contributed by atoms with Gasteiger partial charge in [0.05, 0.1) is 0 Å². The monoisotopic (exact) mass is 317 g/mol. The highest BCUT2D eigenvalue weighted by atomic mass is 19.1. The minimum Gasteiger partial charge on any atom is -0.339 e. The van der Waals surface area contributed by atoms with E-state index in [1.54, 1.807) is 25.3 Å². The van der Waals surface area contributed by atoms with Gasteiger partial charge >= 0.3 is 0 Å². The number of halogens is 1. The van der Waals surface area contributed by atoms with Gasteiger partial charge in [-0.25, -0.2) is 4.98 Å². The smallest absolute Gasteiger partial charge is 0.275 e. The van der Waals surface area contributed by atoms with Crippen molar-refractivity contribution in [2.45, 2.75) is 33.2 Å². The maximum Gasteiger partial charge on any atom is 0.275 e. The summed E-state index contributed by atoms with van der Waals surface area (Å²) in [7, 11) is 0. The number of fused-ring (bicyclic) bond motifs is 1. The Morgan fingerprint density at radius 1 is 1.43 bits per heavy atom. The number of imidazole rings is 1. The largest absolute Gasteiger partial charge is 0.339 e. The first-order chi connectivity index (χ1) is 11.0. The molecule has 0 saturated heterocycles. The highest BCUT2D eigenvalue weighted by Crippen LogP contribution is 2.17. The van der Waals surface area contributed by atoms with Gasteiger partial charge in [-0.05, 0) is 38.0 Å². The van der Waals surface area contributed by atoms with Crippen molar-refractivity contribution in [3.05, 3.63) is 47.2 Å². The van der Waals surface area contributed by atoms with Crippen LogP contribution in [-0.2, 0) is 0 Å². The van der Waals surface area contributed by atoms with Gasteiger partial charge in [0.2, 0.25) is 11.8 Å². The van der Waals surface area contributed by atoms with E-state index in [1.807, 2.05) is 13.8 Å². The van der Waals surface area contributed by atoms with E-state index in [4.69, 9.17) is 4.52 Å². The lowest BCUT2D eigenvalue weighted by molar-refractivity contribution is 0.0918. The number of nitrogens with zero attached hydrogens (tertiary/aromatic N) is 4. The zero-order chi connectivity index (χ0) is 16.6. The predicted octanol–water partition coefficient (Wildman–Crippen LogP) is 2.35. The van der Waals surface area contributed by atoms with E-state index in [0.29, 0.717) is 23.8 Å². The molecule has 3 aromatic rings. The highest BCUT2D eigenvalue weighted by Gasteiger charge is 2.24. The molecule has 3 heterocycles. The van der Waals surface area contributed by atoms with Crippen LogP contribution in [0.25, 0.3) is 5.65 Å². The third kappa shape index (κ3) is 2.79. The molecular formula is C15H16FN5O2. The van der Waals surface area contributed by atoms with Crippen molar-refractivity contribution >= 4 is 11.6 Å². The summed E-state index contributed by atoms with van der Waals surface area (Å²) < 4.78 is 20.7. The van der Waals surface area contributed by atoms with Crippen LogP contribution in [0.1, 0.15) is 47.2 Å². The first-order valence-electron chi connectivity index (χ1n) is 7.25. The minimum atomic E-state index is -0.700. The molecule has 0 spiro atoms. The maximum atomic E-state index is 14.4. The Kier molecular flexibility index (Phi) is 3.81. The van der Waals surface area contributed by atoms with Gasteiger partial charge in [-0.1, -0.05) is 12.1 Å². The van der Waals surface area contributed by atoms with Gasteiger partial charge in [0.25, 0.3) is 5.91 Å². The van der Waals surface area contributed by atoms with Crippen molar-refractivity contribution in [1.82, 2.24) is 24.8 Å². The van der Waals surface area contributed by atoms with E-state index >= 15 is 0 Å². The normalized spacial score (nSPS) is 12.5. The van der Waals surface area contributed by atoms with E-state index < -0.39 is 17.9 Å². The van der Waals surface area contributed by atoms with E-state index in [-0.39, 0.29) is 5.69 Å². The zero-order valence-electron chi connectivity index (χ0n) is 13.0. The van der Waals surface area contributed by atoms with Crippen molar-refractivity contribution < 1.29 is 13.7 Å². The summed E-state index contributed by atoms with van der Waals surface area (Å²) in [5, 5.41) is 6.37. The standard InChI is InChI=1S/C15H16FN5O2/c1-4-10(15-17-9(3)20-23-15)18-14(22)12-13(16)21-6-5-8(2)7-11(21)19-12/h5-7,10H,4H2,1-3H3,(H,18,22). The number of hydrogen-bond donors (Lipinski definition) is 1. The Hall–Kier alpha value is -2.77. The molecule has 8 heteroatoms. The number of nitrogens with one attached hydrogen (secondary N) is 1. The van der Waals surface area contributed by atoms with Gasteiger partial charge in [-0.3, -0.25) is 9.20 Å². The van der Waals surface area contributed by atoms with Gasteiger partial charge < -0.3 is 9.84 Å². The molecule has 23 heavy (non-hydrogen) atoms. The van der Waals surface area contributed by atoms with Crippen LogP contribution in [0.15, 0.2) is 22.9 Å². The molecule has 0 aliphatic heterocycles. The molecule has 0 aliphatic carbocycles. The Labute approximate surface area is 131 Å². The summed E-state index contributed by atoms with van der Waals surface area (Å²) in [6.07, 6.45) is 2.07. The number of hydrogen-bond acceptors (Lipinski definition) is 5. The molecular weight excluding hydrogens is 301 g/mol. The number of rotatable bonds is 4. The number of carbonyl (C=O) groups is 1. The fourth-order valence-corrected chi connectivity index (χ4v) is 2.28. The van der Waals surface area contributed by atoms with Gasteiger partial charge in [-0.2, -0.15) is 9.37 Å². The molecule has 1 amide bonds. The number of carbonyl (C=O) groups excluding carboxylic acids is 1. The van der Waals surface area contributed by atoms with E-state index in [9.17, 15) is 9.18 Å². The maximum absolute atomic E-state index is 14.4. The summed E-state index contributed by atoms with van der Waals surface area (Å²) in [5.41, 5.74) is 1.06. The van der Waals surface area contributed by atoms with Crippen molar-refractivity contribution in [3.8, 4) is 0 Å². The van der Waals surface area contributed by atoms with Crippen LogP contribution in [0.3, 0.4) is 0 Å². The quantitative estimate of drug-likeness (QED) is 0.798. The van der Waals surface area contributed by atoms with Crippen LogP contribution < -0.4 is 5.32 Å². The lowest BCUT2D eigenvalue weighted by Gasteiger charge is -2.11. The van der Waals surface area contributed by atoms with Crippen LogP contribution in [-0.4, -0.2) is 25.4 Å². The topological polar surface area (TPSA) is 85.3 Å². The minimum absolute atomic E-state index is 0.259. The van der Waals surface area contributed by atoms with Crippen LogP contribution in [0.2, 0.25) is 0 Å². The third-order valence-electron chi connectivity index (χ3n) is 3.49. The van der Waals surface area contributed by atoms with Crippen LogP contribution in [0.5, 0.6) is 0 Å². The second kappa shape index (κ2) is 5.79. The molecule has 0 aromatic carbocycles. The molecule has 0 bridgehead atoms. The Morgan fingerprint density at radius 3 is 2.87 bits per heavy atom. The first kappa shape index (κ1) is 15.1. The average Bonchev–Trinajstić information content (AvgIpc) is 3.08. The number of amides is 1. The summed E-state index contributed by atoms with van der Waals surface area (Å²) >= 11 is 0. The molecule has 3 rings (SSSR count). The Balaban J connectivity index is 1.89. The molecule has 0 saturated carbocycles. The fourth-order valence-electron chi connectivity index (χ4n) is 2.28. The molecule has 0 aliphatic rings. The van der Waals surface area contributed by atoms with Crippen molar-refractivity contribution in [2.24, 2.45) is 0 Å². The van der Waals surface area contributed by atoms with Crippen molar-refractivity contribution in [2.75, 3.05) is 0 Å². The average molecular weight is 317 g/mol. The van der Waals surface area contributed by atoms with Gasteiger partial charge in [0, 0.05) is 6.20 Å². The highest BCUT2D eigenvalue weighted by molar-refractivity contribution is 5.93. The van der Waals surface area contributed by atoms with E-state index in [0.717, 1.165) is 5.56 Å². The Morgan fingerprint density at radius 2 is 2.22 bits per heavy atom.